The Morgan fingerprint density at radius 2 is 1.50 bits per heavy atom. The zero-order valence-electron chi connectivity index (χ0n) is 20.5. The Kier molecular flexibility index (Phi) is 7.29. The minimum absolute atomic E-state index is 0.0375. The summed E-state index contributed by atoms with van der Waals surface area (Å²) in [7, 11) is 4.74. The molecule has 182 valence electrons. The van der Waals surface area contributed by atoms with E-state index in [4.69, 9.17) is 14.2 Å². The highest BCUT2D eigenvalue weighted by Crippen LogP contribution is 2.44. The van der Waals surface area contributed by atoms with E-state index in [0.717, 1.165) is 43.5 Å². The van der Waals surface area contributed by atoms with Crippen LogP contribution in [0.4, 0.5) is 0 Å². The Balaban J connectivity index is 1.71. The first-order chi connectivity index (χ1) is 16.5. The summed E-state index contributed by atoms with van der Waals surface area (Å²) in [5.74, 6) is 1.20. The maximum Gasteiger partial charge on any atom is 0.254 e. The van der Waals surface area contributed by atoms with Gasteiger partial charge in [0, 0.05) is 37.7 Å². The molecule has 0 unspecified atom stereocenters. The lowest BCUT2D eigenvalue weighted by molar-refractivity contribution is -0.136. The number of ether oxygens (including phenoxy) is 3. The Morgan fingerprint density at radius 3 is 2.09 bits per heavy atom. The molecule has 0 aromatic heterocycles. The van der Waals surface area contributed by atoms with Crippen LogP contribution in [0, 0.1) is 12.8 Å². The lowest BCUT2D eigenvalue weighted by Gasteiger charge is -2.31. The van der Waals surface area contributed by atoms with Crippen LogP contribution in [-0.4, -0.2) is 69.1 Å². The molecule has 7 heteroatoms. The summed E-state index contributed by atoms with van der Waals surface area (Å²) in [6.07, 6.45) is 3.21. The Hall–Kier alpha value is -3.22. The molecule has 2 heterocycles. The molecule has 0 N–H and O–H groups in total. The molecular formula is C27H34N2O5. The predicted molar refractivity (Wildman–Crippen MR) is 130 cm³/mol. The van der Waals surface area contributed by atoms with Gasteiger partial charge in [0.15, 0.2) is 11.5 Å². The molecule has 4 rings (SSSR count). The molecule has 34 heavy (non-hydrogen) atoms. The second-order valence-electron chi connectivity index (χ2n) is 9.08. The normalized spacial score (nSPS) is 20.2. The lowest BCUT2D eigenvalue weighted by atomic mass is 9.87. The molecule has 0 bridgehead atoms. The van der Waals surface area contributed by atoms with E-state index >= 15 is 0 Å². The lowest BCUT2D eigenvalue weighted by Crippen LogP contribution is -2.42. The molecule has 0 spiro atoms. The predicted octanol–water partition coefficient (Wildman–Crippen LogP) is 3.89. The van der Waals surface area contributed by atoms with Gasteiger partial charge in [-0.2, -0.15) is 0 Å². The van der Waals surface area contributed by atoms with Gasteiger partial charge in [-0.05, 0) is 55.5 Å². The van der Waals surface area contributed by atoms with Crippen molar-refractivity contribution < 1.29 is 23.8 Å². The van der Waals surface area contributed by atoms with Crippen LogP contribution in [0.5, 0.6) is 17.2 Å². The number of hydrogen-bond acceptors (Lipinski definition) is 5. The third-order valence-electron chi connectivity index (χ3n) is 7.08. The van der Waals surface area contributed by atoms with Crippen molar-refractivity contribution in [3.63, 3.8) is 0 Å². The fraction of sp³-hybridized carbons (Fsp3) is 0.481. The summed E-state index contributed by atoms with van der Waals surface area (Å²) in [4.78, 5) is 31.0. The van der Waals surface area contributed by atoms with Gasteiger partial charge in [0.25, 0.3) is 5.91 Å². The molecule has 0 saturated carbocycles. The van der Waals surface area contributed by atoms with E-state index in [1.165, 1.54) is 0 Å². The highest BCUT2D eigenvalue weighted by Gasteiger charge is 2.43. The van der Waals surface area contributed by atoms with E-state index in [2.05, 4.69) is 0 Å². The zero-order valence-corrected chi connectivity index (χ0v) is 20.5. The summed E-state index contributed by atoms with van der Waals surface area (Å²) < 4.78 is 16.6. The van der Waals surface area contributed by atoms with E-state index in [0.29, 0.717) is 35.9 Å². The number of methoxy groups -OCH3 is 3. The minimum Gasteiger partial charge on any atom is -0.493 e. The molecule has 2 amide bonds. The van der Waals surface area contributed by atoms with Gasteiger partial charge >= 0.3 is 0 Å². The molecule has 2 fully saturated rings. The van der Waals surface area contributed by atoms with Crippen LogP contribution in [0.1, 0.15) is 46.7 Å². The van der Waals surface area contributed by atoms with Crippen molar-refractivity contribution in [1.29, 1.82) is 0 Å². The molecular weight excluding hydrogens is 432 g/mol. The monoisotopic (exact) mass is 466 g/mol. The topological polar surface area (TPSA) is 68.3 Å². The number of likely N-dealkylation sites (tertiary alicyclic amines) is 2. The number of nitrogens with zero attached hydrogens (tertiary/aromatic N) is 2. The summed E-state index contributed by atoms with van der Waals surface area (Å²) in [6.45, 7) is 4.35. The van der Waals surface area contributed by atoms with Crippen molar-refractivity contribution in [3.05, 3.63) is 53.1 Å². The van der Waals surface area contributed by atoms with E-state index in [9.17, 15) is 9.59 Å². The number of amides is 2. The third-order valence-corrected chi connectivity index (χ3v) is 7.08. The minimum atomic E-state index is -0.325. The summed E-state index contributed by atoms with van der Waals surface area (Å²) in [5.41, 5.74) is 2.52. The third kappa shape index (κ3) is 4.56. The molecule has 0 radical (unpaired) electrons. The molecule has 2 aromatic rings. The summed E-state index contributed by atoms with van der Waals surface area (Å²) in [5, 5.41) is 0. The van der Waals surface area contributed by atoms with Crippen molar-refractivity contribution in [2.45, 2.75) is 32.1 Å². The number of carbonyl (C=O) groups is 2. The van der Waals surface area contributed by atoms with Gasteiger partial charge in [-0.1, -0.05) is 18.2 Å². The Morgan fingerprint density at radius 1 is 0.853 bits per heavy atom. The SMILES string of the molecule is COc1cc([C@@H]2CN(C(=O)c3ccccc3C)C[C@H]2C(=O)N2CCCCC2)cc(OC)c1OC. The quantitative estimate of drug-likeness (QED) is 0.646. The molecule has 2 saturated heterocycles. The van der Waals surface area contributed by atoms with Gasteiger partial charge < -0.3 is 24.0 Å². The van der Waals surface area contributed by atoms with E-state index in [1.54, 1.807) is 21.3 Å². The van der Waals surface area contributed by atoms with Crippen LogP contribution < -0.4 is 14.2 Å². The van der Waals surface area contributed by atoms with Gasteiger partial charge in [-0.3, -0.25) is 9.59 Å². The second kappa shape index (κ2) is 10.4. The smallest absolute Gasteiger partial charge is 0.254 e. The molecule has 0 aliphatic carbocycles. The zero-order chi connectivity index (χ0) is 24.2. The number of carbonyl (C=O) groups excluding carboxylic acids is 2. The fourth-order valence-corrected chi connectivity index (χ4v) is 5.21. The average Bonchev–Trinajstić information content (AvgIpc) is 3.33. The first kappa shape index (κ1) is 23.9. The number of benzene rings is 2. The van der Waals surface area contributed by atoms with Crippen molar-refractivity contribution in [3.8, 4) is 17.2 Å². The molecule has 2 aliphatic heterocycles. The number of piperidine rings is 1. The van der Waals surface area contributed by atoms with Crippen molar-refractivity contribution in [2.75, 3.05) is 47.5 Å². The second-order valence-corrected chi connectivity index (χ2v) is 9.08. The Labute approximate surface area is 201 Å². The first-order valence-corrected chi connectivity index (χ1v) is 11.9. The van der Waals surface area contributed by atoms with Gasteiger partial charge in [0.05, 0.1) is 27.2 Å². The van der Waals surface area contributed by atoms with Crippen LogP contribution in [0.15, 0.2) is 36.4 Å². The van der Waals surface area contributed by atoms with Crippen LogP contribution in [-0.2, 0) is 4.79 Å². The molecule has 7 nitrogen and oxygen atoms in total. The van der Waals surface area contributed by atoms with Crippen LogP contribution >= 0.6 is 0 Å². The van der Waals surface area contributed by atoms with Gasteiger partial charge in [0.2, 0.25) is 11.7 Å². The standard InChI is InChI=1S/C27H34N2O5/c1-18-10-6-7-11-20(18)26(30)29-16-21(22(17-29)27(31)28-12-8-5-9-13-28)19-14-23(32-2)25(34-4)24(15-19)33-3/h6-7,10-11,14-15,21-22H,5,8-9,12-13,16-17H2,1-4H3/t21-,22+/m0/s1. The molecule has 2 aliphatic rings. The van der Waals surface area contributed by atoms with Crippen LogP contribution in [0.25, 0.3) is 0 Å². The fourth-order valence-electron chi connectivity index (χ4n) is 5.21. The maximum atomic E-state index is 13.7. The van der Waals surface area contributed by atoms with Gasteiger partial charge in [0.1, 0.15) is 0 Å². The number of hydrogen-bond donors (Lipinski definition) is 0. The van der Waals surface area contributed by atoms with Crippen molar-refractivity contribution in [1.82, 2.24) is 9.80 Å². The Bertz CT molecular complexity index is 1020. The highest BCUT2D eigenvalue weighted by molar-refractivity contribution is 5.96. The summed E-state index contributed by atoms with van der Waals surface area (Å²) in [6, 6.07) is 11.4. The van der Waals surface area contributed by atoms with Crippen molar-refractivity contribution >= 4 is 11.8 Å². The largest absolute Gasteiger partial charge is 0.493 e. The van der Waals surface area contributed by atoms with Crippen LogP contribution in [0.3, 0.4) is 0 Å². The first-order valence-electron chi connectivity index (χ1n) is 11.9. The highest BCUT2D eigenvalue weighted by atomic mass is 16.5. The average molecular weight is 467 g/mol. The van der Waals surface area contributed by atoms with Gasteiger partial charge in [-0.25, -0.2) is 0 Å². The van der Waals surface area contributed by atoms with E-state index < -0.39 is 0 Å². The van der Waals surface area contributed by atoms with Crippen LogP contribution in [0.2, 0.25) is 0 Å². The van der Waals surface area contributed by atoms with E-state index in [-0.39, 0.29) is 23.7 Å². The molecule has 2 atom stereocenters. The number of aryl methyl sites for hydroxylation is 1. The maximum absolute atomic E-state index is 13.7. The molecule has 2 aromatic carbocycles. The van der Waals surface area contributed by atoms with Crippen molar-refractivity contribution in [2.24, 2.45) is 5.92 Å². The van der Waals surface area contributed by atoms with Gasteiger partial charge in [-0.15, -0.1) is 0 Å². The number of rotatable bonds is 6. The summed E-state index contributed by atoms with van der Waals surface area (Å²) >= 11 is 0. The van der Waals surface area contributed by atoms with E-state index in [1.807, 2.05) is 53.1 Å².